The molecule has 0 radical (unpaired) electrons. The van der Waals surface area contributed by atoms with Crippen LogP contribution in [0.25, 0.3) is 0 Å². The lowest BCUT2D eigenvalue weighted by atomic mass is 10.1. The minimum absolute atomic E-state index is 0.151. The highest BCUT2D eigenvalue weighted by atomic mass is 16.1. The van der Waals surface area contributed by atoms with E-state index in [1.54, 1.807) is 6.21 Å². The normalized spacial score (nSPS) is 28.6. The lowest BCUT2D eigenvalue weighted by Crippen LogP contribution is -2.21. The van der Waals surface area contributed by atoms with Crippen LogP contribution in [0.3, 0.4) is 0 Å². The van der Waals surface area contributed by atoms with Gasteiger partial charge in [0.05, 0.1) is 11.9 Å². The first-order valence-electron chi connectivity index (χ1n) is 3.00. The summed E-state index contributed by atoms with van der Waals surface area (Å²) in [6, 6.07) is 0. The van der Waals surface area contributed by atoms with Crippen LogP contribution in [0.2, 0.25) is 0 Å². The van der Waals surface area contributed by atoms with Crippen LogP contribution < -0.4 is 0 Å². The summed E-state index contributed by atoms with van der Waals surface area (Å²) in [5.74, 6) is -0.420. The molecule has 0 fully saturated rings. The van der Waals surface area contributed by atoms with E-state index in [0.29, 0.717) is 6.67 Å². The molecule has 2 aliphatic rings. The van der Waals surface area contributed by atoms with Crippen molar-refractivity contribution in [1.29, 1.82) is 0 Å². The Balaban J connectivity index is 2.39. The van der Waals surface area contributed by atoms with Crippen molar-refractivity contribution >= 4 is 24.0 Å². The van der Waals surface area contributed by atoms with Gasteiger partial charge >= 0.3 is 0 Å². The number of hydrogen-bond acceptors (Lipinski definition) is 3. The maximum Gasteiger partial charge on any atom is 0.260 e. The molecule has 2 aliphatic heterocycles. The zero-order chi connectivity index (χ0) is 6.97. The Hall–Kier alpha value is -1.32. The molecule has 0 aromatic heterocycles. The van der Waals surface area contributed by atoms with Crippen LogP contribution >= 0.6 is 0 Å². The van der Waals surface area contributed by atoms with Gasteiger partial charge in [-0.1, -0.05) is 0 Å². The number of hydrogen-bond donors (Lipinski definition) is 0. The van der Waals surface area contributed by atoms with Crippen LogP contribution in [0, 0.1) is 5.92 Å². The van der Waals surface area contributed by atoms with Gasteiger partial charge in [0, 0.05) is 6.21 Å². The zero-order valence-electron chi connectivity index (χ0n) is 5.19. The fourth-order valence-corrected chi connectivity index (χ4v) is 0.971. The van der Waals surface area contributed by atoms with Gasteiger partial charge in [0.1, 0.15) is 12.6 Å². The molecule has 1 atom stereocenters. The SMILES string of the molecule is O=C1N=CC2=NCN=CC12. The number of amides is 1. The second kappa shape index (κ2) is 1.83. The van der Waals surface area contributed by atoms with Crippen LogP contribution in [0.15, 0.2) is 15.0 Å². The minimum atomic E-state index is -0.270. The molecule has 2 heterocycles. The third kappa shape index (κ3) is 0.618. The monoisotopic (exact) mass is 135 g/mol. The van der Waals surface area contributed by atoms with Crippen molar-refractivity contribution in [2.75, 3.05) is 6.67 Å². The summed E-state index contributed by atoms with van der Waals surface area (Å²) >= 11 is 0. The molecule has 0 aliphatic carbocycles. The van der Waals surface area contributed by atoms with E-state index in [1.165, 1.54) is 6.21 Å². The van der Waals surface area contributed by atoms with Gasteiger partial charge in [-0.05, 0) is 0 Å². The summed E-state index contributed by atoms with van der Waals surface area (Å²) in [6.45, 7) is 0.436. The average molecular weight is 135 g/mol. The molecule has 0 N–H and O–H groups in total. The molecule has 0 spiro atoms. The standard InChI is InChI=1S/C6H5N3O/c10-6-4-1-7-3-9-5(4)2-8-6/h1-2,4H,3H2. The first-order valence-corrected chi connectivity index (χ1v) is 3.00. The third-order valence-electron chi connectivity index (χ3n) is 1.50. The van der Waals surface area contributed by atoms with E-state index in [2.05, 4.69) is 15.0 Å². The number of carbonyl (C=O) groups excluding carboxylic acids is 1. The van der Waals surface area contributed by atoms with Gasteiger partial charge in [0.2, 0.25) is 0 Å². The van der Waals surface area contributed by atoms with Gasteiger partial charge in [-0.15, -0.1) is 0 Å². The van der Waals surface area contributed by atoms with E-state index in [9.17, 15) is 4.79 Å². The average Bonchev–Trinajstić information content (AvgIpc) is 2.34. The van der Waals surface area contributed by atoms with Crippen LogP contribution in [0.5, 0.6) is 0 Å². The maximum atomic E-state index is 10.8. The third-order valence-corrected chi connectivity index (χ3v) is 1.50. The van der Waals surface area contributed by atoms with E-state index in [4.69, 9.17) is 0 Å². The fourth-order valence-electron chi connectivity index (χ4n) is 0.971. The Kier molecular flexibility index (Phi) is 1.00. The van der Waals surface area contributed by atoms with E-state index in [1.807, 2.05) is 0 Å². The van der Waals surface area contributed by atoms with Crippen LogP contribution in [0.4, 0.5) is 0 Å². The van der Waals surface area contributed by atoms with Crippen molar-refractivity contribution in [1.82, 2.24) is 0 Å². The van der Waals surface area contributed by atoms with Crippen LogP contribution in [0.1, 0.15) is 0 Å². The Bertz CT molecular complexity index is 264. The summed E-state index contributed by atoms with van der Waals surface area (Å²) in [4.78, 5) is 22.3. The quantitative estimate of drug-likeness (QED) is 0.449. The molecule has 50 valence electrons. The van der Waals surface area contributed by atoms with Gasteiger partial charge in [-0.3, -0.25) is 14.8 Å². The largest absolute Gasteiger partial charge is 0.273 e. The van der Waals surface area contributed by atoms with Gasteiger partial charge in [-0.25, -0.2) is 4.99 Å². The summed E-state index contributed by atoms with van der Waals surface area (Å²) in [6.07, 6.45) is 3.12. The van der Waals surface area contributed by atoms with Crippen molar-refractivity contribution in [2.24, 2.45) is 20.9 Å². The van der Waals surface area contributed by atoms with Crippen molar-refractivity contribution in [3.05, 3.63) is 0 Å². The Morgan fingerprint density at radius 3 is 3.30 bits per heavy atom. The summed E-state index contributed by atoms with van der Waals surface area (Å²) in [5.41, 5.74) is 0.750. The molecule has 10 heavy (non-hydrogen) atoms. The van der Waals surface area contributed by atoms with Crippen molar-refractivity contribution in [3.8, 4) is 0 Å². The molecule has 1 unspecified atom stereocenters. The highest BCUT2D eigenvalue weighted by molar-refractivity contribution is 6.46. The molecule has 4 heteroatoms. The predicted octanol–water partition coefficient (Wildman–Crippen LogP) is -0.303. The van der Waals surface area contributed by atoms with Crippen LogP contribution in [-0.4, -0.2) is 30.7 Å². The van der Waals surface area contributed by atoms with Gasteiger partial charge < -0.3 is 0 Å². The Labute approximate surface area is 57.4 Å². The molecule has 0 aromatic carbocycles. The first-order chi connectivity index (χ1) is 4.88. The van der Waals surface area contributed by atoms with Crippen molar-refractivity contribution in [3.63, 3.8) is 0 Å². The number of nitrogens with zero attached hydrogens (tertiary/aromatic N) is 3. The van der Waals surface area contributed by atoms with Crippen molar-refractivity contribution < 1.29 is 4.79 Å². The van der Waals surface area contributed by atoms with Gasteiger partial charge in [0.25, 0.3) is 5.91 Å². The number of fused-ring (bicyclic) bond motifs is 1. The predicted molar refractivity (Wildman–Crippen MR) is 37.8 cm³/mol. The van der Waals surface area contributed by atoms with E-state index in [-0.39, 0.29) is 11.8 Å². The van der Waals surface area contributed by atoms with E-state index < -0.39 is 0 Å². The second-order valence-electron chi connectivity index (χ2n) is 2.13. The van der Waals surface area contributed by atoms with Crippen molar-refractivity contribution in [2.45, 2.75) is 0 Å². The summed E-state index contributed by atoms with van der Waals surface area (Å²) in [5, 5.41) is 0. The maximum absolute atomic E-state index is 10.8. The smallest absolute Gasteiger partial charge is 0.260 e. The summed E-state index contributed by atoms with van der Waals surface area (Å²) < 4.78 is 0. The molecule has 0 bridgehead atoms. The van der Waals surface area contributed by atoms with E-state index in [0.717, 1.165) is 5.71 Å². The molecule has 0 saturated carbocycles. The molecular formula is C6H5N3O. The van der Waals surface area contributed by atoms with Crippen LogP contribution in [-0.2, 0) is 4.79 Å². The molecule has 1 amide bonds. The molecule has 2 rings (SSSR count). The molecule has 0 aromatic rings. The summed E-state index contributed by atoms with van der Waals surface area (Å²) in [7, 11) is 0. The fraction of sp³-hybridized carbons (Fsp3) is 0.333. The zero-order valence-corrected chi connectivity index (χ0v) is 5.19. The van der Waals surface area contributed by atoms with E-state index >= 15 is 0 Å². The number of aliphatic imine (C=N–C) groups is 3. The molecular weight excluding hydrogens is 130 g/mol. The van der Waals surface area contributed by atoms with Gasteiger partial charge in [-0.2, -0.15) is 0 Å². The number of carbonyl (C=O) groups is 1. The Morgan fingerprint density at radius 2 is 2.50 bits per heavy atom. The van der Waals surface area contributed by atoms with Gasteiger partial charge in [0.15, 0.2) is 0 Å². The lowest BCUT2D eigenvalue weighted by molar-refractivity contribution is -0.117. The Morgan fingerprint density at radius 1 is 1.60 bits per heavy atom. The molecule has 0 saturated heterocycles. The topological polar surface area (TPSA) is 54.1 Å². The molecule has 4 nitrogen and oxygen atoms in total. The highest BCUT2D eigenvalue weighted by Gasteiger charge is 2.27. The number of rotatable bonds is 0. The first kappa shape index (κ1) is 5.46. The lowest BCUT2D eigenvalue weighted by Gasteiger charge is -2.04. The highest BCUT2D eigenvalue weighted by Crippen LogP contribution is 2.09. The minimum Gasteiger partial charge on any atom is -0.273 e. The second-order valence-corrected chi connectivity index (χ2v) is 2.13.